The minimum Gasteiger partial charge on any atom is -0.227 e. The van der Waals surface area contributed by atoms with Crippen LogP contribution in [-0.4, -0.2) is 26.4 Å². The molecule has 0 saturated carbocycles. The van der Waals surface area contributed by atoms with Crippen LogP contribution in [0.25, 0.3) is 0 Å². The summed E-state index contributed by atoms with van der Waals surface area (Å²) < 4.78 is 46.3. The molecular weight excluding hydrogens is 334 g/mol. The van der Waals surface area contributed by atoms with E-state index in [4.69, 9.17) is 0 Å². The summed E-state index contributed by atoms with van der Waals surface area (Å²) in [5.74, 6) is 0. The van der Waals surface area contributed by atoms with Gasteiger partial charge in [0.1, 0.15) is 0 Å². The average molecular weight is 354 g/mol. The zero-order valence-electron chi connectivity index (χ0n) is 12.2. The summed E-state index contributed by atoms with van der Waals surface area (Å²) in [6.07, 6.45) is 0. The van der Waals surface area contributed by atoms with E-state index in [-0.39, 0.29) is 26.4 Å². The van der Waals surface area contributed by atoms with E-state index in [2.05, 4.69) is 42.6 Å². The summed E-state index contributed by atoms with van der Waals surface area (Å²) >= 11 is 0. The number of hydrogen-bond acceptors (Lipinski definition) is 11. The maximum Gasteiger partial charge on any atom is 0.538 e. The Hall–Kier alpha value is 0.1000. The van der Waals surface area contributed by atoms with Gasteiger partial charge in [-0.05, 0) is 27.7 Å². The van der Waals surface area contributed by atoms with Crippen LogP contribution >= 0.6 is 15.6 Å². The van der Waals surface area contributed by atoms with E-state index >= 15 is 0 Å². The average Bonchev–Trinajstić information content (AvgIpc) is 2.47. The molecule has 0 aliphatic heterocycles. The van der Waals surface area contributed by atoms with E-state index in [1.165, 1.54) is 27.7 Å². The van der Waals surface area contributed by atoms with Crippen molar-refractivity contribution in [2.45, 2.75) is 27.7 Å². The van der Waals surface area contributed by atoms with E-state index in [0.717, 1.165) is 0 Å². The van der Waals surface area contributed by atoms with Gasteiger partial charge in [-0.1, -0.05) is 0 Å². The minimum absolute atomic E-state index is 0.00573. The van der Waals surface area contributed by atoms with Crippen molar-refractivity contribution in [3.05, 3.63) is 0 Å². The van der Waals surface area contributed by atoms with Crippen LogP contribution in [0, 0.1) is 0 Å². The third kappa shape index (κ3) is 9.67. The molecule has 128 valence electrons. The van der Waals surface area contributed by atoms with Gasteiger partial charge in [0.2, 0.25) is 0 Å². The first kappa shape index (κ1) is 21.1. The molecule has 0 aliphatic carbocycles. The van der Waals surface area contributed by atoms with Gasteiger partial charge in [0, 0.05) is 0 Å². The summed E-state index contributed by atoms with van der Waals surface area (Å²) in [5, 5.41) is 0. The normalized spacial score (nSPS) is 12.8. The molecule has 21 heavy (non-hydrogen) atoms. The van der Waals surface area contributed by atoms with E-state index in [0.29, 0.717) is 0 Å². The standard InChI is InChI=1S/C8H20O11P2/c1-5-11-15-20(9,16-12-6-2)19-21(10,17-13-7-3)18-14-8-4/h5-8H2,1-4H3. The fourth-order valence-corrected chi connectivity index (χ4v) is 3.07. The summed E-state index contributed by atoms with van der Waals surface area (Å²) in [6.45, 7) is 6.18. The lowest BCUT2D eigenvalue weighted by molar-refractivity contribution is -0.291. The topological polar surface area (TPSA) is 117 Å². The maximum absolute atomic E-state index is 12.1. The minimum atomic E-state index is -4.57. The van der Waals surface area contributed by atoms with E-state index in [1.54, 1.807) is 0 Å². The molecule has 0 fully saturated rings. The fraction of sp³-hybridized carbons (Fsp3) is 1.00. The molecule has 0 bridgehead atoms. The molecular formula is C8H20O11P2. The quantitative estimate of drug-likeness (QED) is 0.260. The van der Waals surface area contributed by atoms with E-state index in [9.17, 15) is 9.13 Å². The molecule has 0 radical (unpaired) electrons. The highest BCUT2D eigenvalue weighted by Gasteiger charge is 2.45. The highest BCUT2D eigenvalue weighted by Crippen LogP contribution is 2.66. The summed E-state index contributed by atoms with van der Waals surface area (Å²) in [7, 11) is -9.14. The van der Waals surface area contributed by atoms with Gasteiger partial charge in [-0.3, -0.25) is 0 Å². The second kappa shape index (κ2) is 11.6. The molecule has 0 saturated heterocycles. The first-order chi connectivity index (χ1) is 9.95. The molecule has 0 heterocycles. The van der Waals surface area contributed by atoms with E-state index < -0.39 is 15.6 Å². The van der Waals surface area contributed by atoms with E-state index in [1.807, 2.05) is 0 Å². The van der Waals surface area contributed by atoms with Crippen LogP contribution in [0.4, 0.5) is 0 Å². The summed E-state index contributed by atoms with van der Waals surface area (Å²) in [4.78, 5) is 17.8. The second-order valence-corrected chi connectivity index (χ2v) is 5.94. The highest BCUT2D eigenvalue weighted by atomic mass is 31.3. The van der Waals surface area contributed by atoms with Crippen molar-refractivity contribution < 1.29 is 51.7 Å². The SMILES string of the molecule is CCOOP(=O)(OOCC)OP(=O)(OOCC)OOCC. The Morgan fingerprint density at radius 3 is 1.00 bits per heavy atom. The molecule has 0 unspecified atom stereocenters. The third-order valence-corrected chi connectivity index (χ3v) is 4.00. The van der Waals surface area contributed by atoms with Crippen LogP contribution in [0.3, 0.4) is 0 Å². The Balaban J connectivity index is 4.90. The lowest BCUT2D eigenvalue weighted by Crippen LogP contribution is -2.06. The van der Waals surface area contributed by atoms with Crippen molar-refractivity contribution in [3.8, 4) is 0 Å². The van der Waals surface area contributed by atoms with Crippen LogP contribution in [0.2, 0.25) is 0 Å². The lowest BCUT2D eigenvalue weighted by atomic mass is 10.9. The zero-order valence-corrected chi connectivity index (χ0v) is 14.0. The van der Waals surface area contributed by atoms with Crippen LogP contribution in [0.5, 0.6) is 0 Å². The number of hydrogen-bond donors (Lipinski definition) is 0. The third-order valence-electron chi connectivity index (χ3n) is 1.25. The Kier molecular flexibility index (Phi) is 11.7. The Labute approximate surface area is 122 Å². The molecule has 0 amide bonds. The van der Waals surface area contributed by atoms with Gasteiger partial charge in [-0.15, -0.1) is 18.7 Å². The maximum atomic E-state index is 12.1. The van der Waals surface area contributed by atoms with Crippen LogP contribution in [0.1, 0.15) is 27.7 Å². The smallest absolute Gasteiger partial charge is 0.227 e. The Morgan fingerprint density at radius 1 is 0.571 bits per heavy atom. The van der Waals surface area contributed by atoms with Crippen molar-refractivity contribution >= 4 is 15.6 Å². The van der Waals surface area contributed by atoms with Crippen molar-refractivity contribution in [3.63, 3.8) is 0 Å². The van der Waals surface area contributed by atoms with Crippen molar-refractivity contribution in [1.82, 2.24) is 0 Å². The first-order valence-corrected chi connectivity index (χ1v) is 9.03. The highest BCUT2D eigenvalue weighted by molar-refractivity contribution is 7.62. The van der Waals surface area contributed by atoms with Gasteiger partial charge in [-0.25, -0.2) is 28.7 Å². The predicted molar refractivity (Wildman–Crippen MR) is 67.1 cm³/mol. The van der Waals surface area contributed by atoms with Crippen molar-refractivity contribution in [2.24, 2.45) is 0 Å². The molecule has 0 aromatic heterocycles. The van der Waals surface area contributed by atoms with Gasteiger partial charge in [0.15, 0.2) is 0 Å². The Morgan fingerprint density at radius 2 is 0.810 bits per heavy atom. The molecule has 11 nitrogen and oxygen atoms in total. The van der Waals surface area contributed by atoms with Crippen molar-refractivity contribution in [2.75, 3.05) is 26.4 Å². The number of rotatable bonds is 14. The molecule has 0 aliphatic rings. The second-order valence-electron chi connectivity index (χ2n) is 2.90. The molecule has 0 spiro atoms. The monoisotopic (exact) mass is 354 g/mol. The molecule has 13 heteroatoms. The molecule has 0 atom stereocenters. The molecule has 0 N–H and O–H groups in total. The van der Waals surface area contributed by atoms with Crippen LogP contribution in [-0.2, 0) is 51.7 Å². The van der Waals surface area contributed by atoms with Gasteiger partial charge in [0.05, 0.1) is 26.4 Å². The molecule has 0 aromatic rings. The van der Waals surface area contributed by atoms with Crippen LogP contribution in [0.15, 0.2) is 0 Å². The first-order valence-electron chi connectivity index (χ1n) is 6.11. The van der Waals surface area contributed by atoms with Crippen LogP contribution < -0.4 is 0 Å². The summed E-state index contributed by atoms with van der Waals surface area (Å²) in [6, 6.07) is 0. The van der Waals surface area contributed by atoms with Gasteiger partial charge < -0.3 is 0 Å². The largest absolute Gasteiger partial charge is 0.538 e. The fourth-order valence-electron chi connectivity index (χ4n) is 0.671. The molecule has 0 rings (SSSR count). The lowest BCUT2D eigenvalue weighted by Gasteiger charge is -2.19. The van der Waals surface area contributed by atoms with Crippen molar-refractivity contribution in [1.29, 1.82) is 0 Å². The van der Waals surface area contributed by atoms with Gasteiger partial charge >= 0.3 is 15.6 Å². The zero-order chi connectivity index (χ0) is 16.2. The van der Waals surface area contributed by atoms with Gasteiger partial charge in [0.25, 0.3) is 0 Å². The molecule has 0 aromatic carbocycles. The summed E-state index contributed by atoms with van der Waals surface area (Å²) in [5.41, 5.74) is 0. The Bertz CT molecular complexity index is 293. The number of phosphoric acid groups is 2. The predicted octanol–water partition coefficient (Wildman–Crippen LogP) is 3.09. The van der Waals surface area contributed by atoms with Gasteiger partial charge in [-0.2, -0.15) is 4.31 Å².